The molecule has 7 rings (SSSR count). The summed E-state index contributed by atoms with van der Waals surface area (Å²) in [6.45, 7) is 15.5. The fourth-order valence-electron chi connectivity index (χ4n) is 7.46. The van der Waals surface area contributed by atoms with Gasteiger partial charge in [-0.3, -0.25) is 9.79 Å². The van der Waals surface area contributed by atoms with E-state index in [1.165, 1.54) is 7.11 Å². The smallest absolute Gasteiger partial charge is 0.488 e. The molecule has 0 bridgehead atoms. The summed E-state index contributed by atoms with van der Waals surface area (Å²) >= 11 is 0. The highest BCUT2D eigenvalue weighted by atomic mass is 16.7. The Labute approximate surface area is 288 Å². The van der Waals surface area contributed by atoms with E-state index in [1.54, 1.807) is 0 Å². The first-order valence-corrected chi connectivity index (χ1v) is 17.4. The van der Waals surface area contributed by atoms with Gasteiger partial charge in [0.25, 0.3) is 0 Å². The van der Waals surface area contributed by atoms with Gasteiger partial charge in [-0.25, -0.2) is 4.79 Å². The van der Waals surface area contributed by atoms with E-state index in [0.29, 0.717) is 32.6 Å². The number of aliphatic imine (C=N–C) groups is 1. The van der Waals surface area contributed by atoms with Crippen LogP contribution in [-0.4, -0.2) is 79.4 Å². The number of likely N-dealkylation sites (tertiary alicyclic amines) is 1. The number of alkyl carbamates (subject to hydrolysis) is 1. The number of carbonyl (C=O) groups is 2. The van der Waals surface area contributed by atoms with Crippen LogP contribution in [0.2, 0.25) is 0 Å². The Morgan fingerprint density at radius 1 is 1.06 bits per heavy atom. The Morgan fingerprint density at radius 2 is 1.82 bits per heavy atom. The highest BCUT2D eigenvalue weighted by Crippen LogP contribution is 2.44. The molecule has 0 unspecified atom stereocenters. The molecule has 0 saturated carbocycles. The van der Waals surface area contributed by atoms with Crippen LogP contribution in [0.1, 0.15) is 66.0 Å². The van der Waals surface area contributed by atoms with Crippen LogP contribution in [0.25, 0.3) is 21.9 Å². The summed E-state index contributed by atoms with van der Waals surface area (Å²) in [6.07, 6.45) is 0.527. The average Bonchev–Trinajstić information content (AvgIpc) is 3.75. The topological polar surface area (TPSA) is 108 Å². The Balaban J connectivity index is 1.16. The molecule has 258 valence electrons. The number of benzene rings is 3. The molecule has 4 heterocycles. The van der Waals surface area contributed by atoms with Gasteiger partial charge in [0.2, 0.25) is 5.91 Å². The van der Waals surface area contributed by atoms with Gasteiger partial charge in [-0.15, -0.1) is 0 Å². The summed E-state index contributed by atoms with van der Waals surface area (Å²) in [5, 5.41) is 4.94. The van der Waals surface area contributed by atoms with E-state index in [-0.39, 0.29) is 24.0 Å². The van der Waals surface area contributed by atoms with Crippen molar-refractivity contribution in [2.24, 2.45) is 10.9 Å². The third kappa shape index (κ3) is 5.89. The predicted octanol–water partition coefficient (Wildman–Crippen LogP) is 5.71. The van der Waals surface area contributed by atoms with Crippen molar-refractivity contribution >= 4 is 46.8 Å². The lowest BCUT2D eigenvalue weighted by Crippen LogP contribution is -2.54. The molecule has 2 fully saturated rings. The lowest BCUT2D eigenvalue weighted by Gasteiger charge is -2.32. The van der Waals surface area contributed by atoms with Crippen LogP contribution >= 0.6 is 0 Å². The van der Waals surface area contributed by atoms with Crippen molar-refractivity contribution < 1.29 is 33.1 Å². The van der Waals surface area contributed by atoms with Gasteiger partial charge >= 0.3 is 13.2 Å². The number of amides is 2. The summed E-state index contributed by atoms with van der Waals surface area (Å²) in [4.78, 5) is 33.0. The summed E-state index contributed by atoms with van der Waals surface area (Å²) in [6, 6.07) is 14.0. The third-order valence-electron chi connectivity index (χ3n) is 10.9. The van der Waals surface area contributed by atoms with Gasteiger partial charge in [0, 0.05) is 37.3 Å². The maximum absolute atomic E-state index is 14.0. The number of methoxy groups -OCH3 is 1. The predicted molar refractivity (Wildman–Crippen MR) is 190 cm³/mol. The number of nitrogens with one attached hydrogen (secondary N) is 1. The standard InChI is InChI=1S/C38H46BN3O7/c1-9-46-25-16-32(42(19-25)35(43)34(21(2)3)41-36(44)45-8)31-17-28-27-18-33-29(15-22(27)10-13-30(28)40-31)26-12-11-24(14-23(26)20-47-33)39-48-37(4,5)38(6,7)49-39/h10-15,18,21,25,32,34H,9,16-17,19-20H2,1-8H3,(H,41,44)/t25-,32-,34-/m0/s1. The SMILES string of the molecule is CCO[C@H]1C[C@@H](C2=Nc3ccc4cc5c(cc4c3C2)OCc2cc(B3OC(C)(C)C(C)(C)O3)ccc2-5)N(C(=O)[C@@H](NC(=O)OC)C(C)C)C1. The molecular formula is C38H46BN3O7. The first kappa shape index (κ1) is 33.6. The zero-order chi connectivity index (χ0) is 34.8. The molecule has 10 nitrogen and oxygen atoms in total. The maximum Gasteiger partial charge on any atom is 0.494 e. The molecule has 49 heavy (non-hydrogen) atoms. The van der Waals surface area contributed by atoms with Crippen LogP contribution in [0.15, 0.2) is 47.5 Å². The van der Waals surface area contributed by atoms with Crippen molar-refractivity contribution in [3.05, 3.63) is 53.6 Å². The Morgan fingerprint density at radius 3 is 2.51 bits per heavy atom. The number of fused-ring (bicyclic) bond motifs is 6. The fourth-order valence-corrected chi connectivity index (χ4v) is 7.46. The van der Waals surface area contributed by atoms with E-state index < -0.39 is 30.5 Å². The second-order valence-corrected chi connectivity index (χ2v) is 14.9. The third-order valence-corrected chi connectivity index (χ3v) is 10.9. The van der Waals surface area contributed by atoms with Crippen molar-refractivity contribution in [1.82, 2.24) is 10.2 Å². The van der Waals surface area contributed by atoms with Gasteiger partial charge in [-0.1, -0.05) is 38.1 Å². The second kappa shape index (κ2) is 12.4. The summed E-state index contributed by atoms with van der Waals surface area (Å²) < 4.78 is 29.9. The molecule has 3 aromatic carbocycles. The highest BCUT2D eigenvalue weighted by Gasteiger charge is 2.52. The molecule has 0 aliphatic carbocycles. The largest absolute Gasteiger partial charge is 0.494 e. The van der Waals surface area contributed by atoms with Gasteiger partial charge < -0.3 is 33.7 Å². The molecule has 0 spiro atoms. The van der Waals surface area contributed by atoms with Crippen LogP contribution in [0, 0.1) is 5.92 Å². The fraction of sp³-hybridized carbons (Fsp3) is 0.500. The monoisotopic (exact) mass is 667 g/mol. The van der Waals surface area contributed by atoms with E-state index in [2.05, 4.69) is 75.5 Å². The summed E-state index contributed by atoms with van der Waals surface area (Å²) in [5.74, 6) is 0.559. The lowest BCUT2D eigenvalue weighted by atomic mass is 9.77. The van der Waals surface area contributed by atoms with Gasteiger partial charge in [0.1, 0.15) is 18.4 Å². The Hall–Kier alpha value is -3.93. The molecule has 0 radical (unpaired) electrons. The van der Waals surface area contributed by atoms with Gasteiger partial charge in [0.05, 0.1) is 36.1 Å². The van der Waals surface area contributed by atoms with Crippen molar-refractivity contribution in [3.63, 3.8) is 0 Å². The minimum atomic E-state index is -0.722. The van der Waals surface area contributed by atoms with Crippen LogP contribution in [-0.2, 0) is 36.6 Å². The average molecular weight is 668 g/mol. The number of carbonyl (C=O) groups excluding carboxylic acids is 2. The minimum absolute atomic E-state index is 0.112. The number of ether oxygens (including phenoxy) is 3. The van der Waals surface area contributed by atoms with E-state index >= 15 is 0 Å². The van der Waals surface area contributed by atoms with Gasteiger partial charge in [0.15, 0.2) is 0 Å². The van der Waals surface area contributed by atoms with E-state index in [0.717, 1.165) is 55.6 Å². The zero-order valence-electron chi connectivity index (χ0n) is 29.7. The highest BCUT2D eigenvalue weighted by molar-refractivity contribution is 6.62. The first-order chi connectivity index (χ1) is 23.3. The van der Waals surface area contributed by atoms with Crippen molar-refractivity contribution in [3.8, 4) is 16.9 Å². The van der Waals surface area contributed by atoms with E-state index in [4.69, 9.17) is 28.5 Å². The number of hydrogen-bond donors (Lipinski definition) is 1. The molecule has 4 aliphatic rings. The molecule has 1 N–H and O–H groups in total. The summed E-state index contributed by atoms with van der Waals surface area (Å²) in [7, 11) is 0.871. The molecule has 2 saturated heterocycles. The minimum Gasteiger partial charge on any atom is -0.488 e. The summed E-state index contributed by atoms with van der Waals surface area (Å²) in [5.41, 5.74) is 6.43. The lowest BCUT2D eigenvalue weighted by molar-refractivity contribution is -0.134. The van der Waals surface area contributed by atoms with Crippen molar-refractivity contribution in [1.29, 1.82) is 0 Å². The Bertz CT molecular complexity index is 1840. The molecule has 11 heteroatoms. The Kier molecular flexibility index (Phi) is 8.52. The van der Waals surface area contributed by atoms with Crippen molar-refractivity contribution in [2.75, 3.05) is 20.3 Å². The first-order valence-electron chi connectivity index (χ1n) is 17.4. The van der Waals surface area contributed by atoms with Crippen LogP contribution in [0.3, 0.4) is 0 Å². The zero-order valence-corrected chi connectivity index (χ0v) is 29.7. The van der Waals surface area contributed by atoms with E-state index in [9.17, 15) is 9.59 Å². The molecule has 2 amide bonds. The number of nitrogens with zero attached hydrogens (tertiary/aromatic N) is 2. The molecule has 3 aromatic rings. The molecule has 3 atom stereocenters. The molecule has 4 aliphatic heterocycles. The molecular weight excluding hydrogens is 621 g/mol. The van der Waals surface area contributed by atoms with Gasteiger partial charge in [-0.05, 0) is 91.7 Å². The number of rotatable bonds is 7. The quantitative estimate of drug-likeness (QED) is 0.322. The van der Waals surface area contributed by atoms with Crippen LogP contribution in [0.4, 0.5) is 10.5 Å². The molecule has 0 aromatic heterocycles. The van der Waals surface area contributed by atoms with Crippen molar-refractivity contribution in [2.45, 2.75) is 97.3 Å². The normalized spacial score (nSPS) is 22.3. The van der Waals surface area contributed by atoms with Gasteiger partial charge in [-0.2, -0.15) is 0 Å². The second-order valence-electron chi connectivity index (χ2n) is 14.9. The van der Waals surface area contributed by atoms with Crippen LogP contribution < -0.4 is 15.5 Å². The number of hydrogen-bond acceptors (Lipinski definition) is 8. The van der Waals surface area contributed by atoms with E-state index in [1.807, 2.05) is 25.7 Å². The maximum atomic E-state index is 14.0. The van der Waals surface area contributed by atoms with Crippen LogP contribution in [0.5, 0.6) is 5.75 Å².